The molecule has 1 aromatic carbocycles. The summed E-state index contributed by atoms with van der Waals surface area (Å²) in [7, 11) is 0. The molecule has 2 aromatic heterocycles. The van der Waals surface area contributed by atoms with Crippen LogP contribution >= 0.6 is 23.1 Å². The van der Waals surface area contributed by atoms with Gasteiger partial charge in [-0.25, -0.2) is 0 Å². The Morgan fingerprint density at radius 3 is 2.88 bits per heavy atom. The highest BCUT2D eigenvalue weighted by Crippen LogP contribution is 2.26. The van der Waals surface area contributed by atoms with Gasteiger partial charge in [-0.2, -0.15) is 0 Å². The molecule has 0 radical (unpaired) electrons. The molecule has 0 saturated heterocycles. The second-order valence-corrected chi connectivity index (χ2v) is 7.19. The van der Waals surface area contributed by atoms with Gasteiger partial charge in [-0.15, -0.1) is 28.1 Å². The highest BCUT2D eigenvalue weighted by Gasteiger charge is 2.18. The van der Waals surface area contributed by atoms with E-state index in [4.69, 9.17) is 0 Å². The number of rotatable bonds is 8. The van der Waals surface area contributed by atoms with Crippen LogP contribution in [0.2, 0.25) is 0 Å². The predicted molar refractivity (Wildman–Crippen MR) is 102 cm³/mol. The zero-order chi connectivity index (χ0) is 17.5. The lowest BCUT2D eigenvalue weighted by molar-refractivity contribution is -0.119. The van der Waals surface area contributed by atoms with Crippen molar-refractivity contribution >= 4 is 29.0 Å². The van der Waals surface area contributed by atoms with Gasteiger partial charge in [0.15, 0.2) is 5.16 Å². The minimum absolute atomic E-state index is 0.0413. The number of hydrogen-bond acceptors (Lipinski definition) is 5. The number of thiophene rings is 1. The van der Waals surface area contributed by atoms with Crippen molar-refractivity contribution in [2.75, 3.05) is 5.75 Å². The topological polar surface area (TPSA) is 59.8 Å². The van der Waals surface area contributed by atoms with Crippen LogP contribution in [0.5, 0.6) is 0 Å². The van der Waals surface area contributed by atoms with Crippen LogP contribution in [-0.4, -0.2) is 26.4 Å². The van der Waals surface area contributed by atoms with Gasteiger partial charge >= 0.3 is 0 Å². The normalized spacial score (nSPS) is 11.8. The van der Waals surface area contributed by atoms with Crippen molar-refractivity contribution < 1.29 is 4.79 Å². The SMILES string of the molecule is C=CCn1cnnc1SCC(=O)N[C@H](c1ccccc1)c1cccs1. The summed E-state index contributed by atoms with van der Waals surface area (Å²) in [4.78, 5) is 13.6. The third-order valence-corrected chi connectivity index (χ3v) is 5.42. The average molecular weight is 371 g/mol. The van der Waals surface area contributed by atoms with Gasteiger partial charge in [0.1, 0.15) is 6.33 Å². The second-order valence-electron chi connectivity index (χ2n) is 5.27. The summed E-state index contributed by atoms with van der Waals surface area (Å²) < 4.78 is 1.86. The summed E-state index contributed by atoms with van der Waals surface area (Å²) in [6.45, 7) is 4.33. The van der Waals surface area contributed by atoms with Gasteiger partial charge in [-0.3, -0.25) is 4.79 Å². The zero-order valence-electron chi connectivity index (χ0n) is 13.5. The number of thioether (sulfide) groups is 1. The summed E-state index contributed by atoms with van der Waals surface area (Å²) in [5.74, 6) is 0.241. The summed E-state index contributed by atoms with van der Waals surface area (Å²) in [6.07, 6.45) is 3.41. The summed E-state index contributed by atoms with van der Waals surface area (Å²) >= 11 is 3.00. The summed E-state index contributed by atoms with van der Waals surface area (Å²) in [6, 6.07) is 13.9. The molecule has 1 amide bonds. The lowest BCUT2D eigenvalue weighted by Crippen LogP contribution is -2.30. The van der Waals surface area contributed by atoms with Gasteiger partial charge in [0.2, 0.25) is 5.91 Å². The first-order valence-electron chi connectivity index (χ1n) is 7.77. The largest absolute Gasteiger partial charge is 0.344 e. The number of hydrogen-bond donors (Lipinski definition) is 1. The number of carbonyl (C=O) groups excluding carboxylic acids is 1. The van der Waals surface area contributed by atoms with E-state index in [2.05, 4.69) is 22.1 Å². The van der Waals surface area contributed by atoms with E-state index < -0.39 is 0 Å². The Morgan fingerprint density at radius 1 is 1.32 bits per heavy atom. The average Bonchev–Trinajstić information content (AvgIpc) is 3.31. The smallest absolute Gasteiger partial charge is 0.231 e. The molecular weight excluding hydrogens is 352 g/mol. The predicted octanol–water partition coefficient (Wildman–Crippen LogP) is 3.52. The standard InChI is InChI=1S/C18H18N4OS2/c1-2-10-22-13-19-21-18(22)25-12-16(23)20-17(15-9-6-11-24-15)14-7-4-3-5-8-14/h2-9,11,13,17H,1,10,12H2,(H,20,23)/t17-/m1/s1. The van der Waals surface area contributed by atoms with E-state index in [1.807, 2.05) is 52.4 Å². The van der Waals surface area contributed by atoms with E-state index in [0.717, 1.165) is 10.4 Å². The van der Waals surface area contributed by atoms with Crippen molar-refractivity contribution in [3.63, 3.8) is 0 Å². The molecule has 1 N–H and O–H groups in total. The second kappa shape index (κ2) is 8.64. The van der Waals surface area contributed by atoms with Gasteiger partial charge in [0, 0.05) is 11.4 Å². The minimum atomic E-state index is -0.139. The van der Waals surface area contributed by atoms with Gasteiger partial charge in [0.05, 0.1) is 11.8 Å². The monoisotopic (exact) mass is 370 g/mol. The maximum Gasteiger partial charge on any atom is 0.231 e. The number of nitrogens with one attached hydrogen (secondary N) is 1. The molecule has 2 heterocycles. The molecule has 0 saturated carbocycles. The van der Waals surface area contributed by atoms with Crippen LogP contribution in [0.4, 0.5) is 0 Å². The number of amides is 1. The van der Waals surface area contributed by atoms with E-state index >= 15 is 0 Å². The molecule has 7 heteroatoms. The third kappa shape index (κ3) is 4.58. The van der Waals surface area contributed by atoms with E-state index in [1.54, 1.807) is 23.7 Å². The molecule has 0 aliphatic rings. The summed E-state index contributed by atoms with van der Waals surface area (Å²) in [5, 5.41) is 13.8. The zero-order valence-corrected chi connectivity index (χ0v) is 15.2. The fraction of sp³-hybridized carbons (Fsp3) is 0.167. The lowest BCUT2D eigenvalue weighted by atomic mass is 10.1. The molecule has 25 heavy (non-hydrogen) atoms. The molecule has 1 atom stereocenters. The van der Waals surface area contributed by atoms with Gasteiger partial charge in [0.25, 0.3) is 0 Å². The van der Waals surface area contributed by atoms with Gasteiger partial charge in [-0.1, -0.05) is 54.2 Å². The van der Waals surface area contributed by atoms with E-state index in [0.29, 0.717) is 11.7 Å². The maximum atomic E-state index is 12.5. The number of aromatic nitrogens is 3. The molecule has 0 spiro atoms. The lowest BCUT2D eigenvalue weighted by Gasteiger charge is -2.18. The molecule has 3 rings (SSSR count). The number of benzene rings is 1. The van der Waals surface area contributed by atoms with Crippen LogP contribution in [0.1, 0.15) is 16.5 Å². The third-order valence-electron chi connectivity index (χ3n) is 3.50. The van der Waals surface area contributed by atoms with E-state index in [9.17, 15) is 4.79 Å². The quantitative estimate of drug-likeness (QED) is 0.487. The Bertz CT molecular complexity index is 815. The first kappa shape index (κ1) is 17.4. The van der Waals surface area contributed by atoms with Crippen molar-refractivity contribution in [2.45, 2.75) is 17.7 Å². The fourth-order valence-corrected chi connectivity index (χ4v) is 3.91. The van der Waals surface area contributed by atoms with Gasteiger partial charge in [-0.05, 0) is 17.0 Å². The van der Waals surface area contributed by atoms with Crippen LogP contribution < -0.4 is 5.32 Å². The fourth-order valence-electron chi connectivity index (χ4n) is 2.37. The summed E-state index contributed by atoms with van der Waals surface area (Å²) in [5.41, 5.74) is 1.07. The Hall–Kier alpha value is -2.38. The molecular formula is C18H18N4OS2. The molecule has 3 aromatic rings. The number of nitrogens with zero attached hydrogens (tertiary/aromatic N) is 3. The van der Waals surface area contributed by atoms with Crippen LogP contribution in [0.15, 0.2) is 72.0 Å². The van der Waals surface area contributed by atoms with Crippen LogP contribution in [0.25, 0.3) is 0 Å². The van der Waals surface area contributed by atoms with Crippen molar-refractivity contribution in [3.05, 3.63) is 77.3 Å². The Balaban J connectivity index is 1.67. The van der Waals surface area contributed by atoms with Crippen molar-refractivity contribution in [2.24, 2.45) is 0 Å². The van der Waals surface area contributed by atoms with E-state index in [-0.39, 0.29) is 17.7 Å². The van der Waals surface area contributed by atoms with Crippen LogP contribution in [0, 0.1) is 0 Å². The first-order valence-corrected chi connectivity index (χ1v) is 9.63. The molecule has 128 valence electrons. The minimum Gasteiger partial charge on any atom is -0.344 e. The molecule has 0 fully saturated rings. The Kier molecular flexibility index (Phi) is 6.03. The van der Waals surface area contributed by atoms with Crippen LogP contribution in [-0.2, 0) is 11.3 Å². The molecule has 0 unspecified atom stereocenters. The maximum absolute atomic E-state index is 12.5. The molecule has 0 bridgehead atoms. The highest BCUT2D eigenvalue weighted by atomic mass is 32.2. The Morgan fingerprint density at radius 2 is 2.16 bits per heavy atom. The van der Waals surface area contributed by atoms with Crippen molar-refractivity contribution in [3.8, 4) is 0 Å². The number of allylic oxidation sites excluding steroid dienone is 1. The van der Waals surface area contributed by atoms with Crippen LogP contribution in [0.3, 0.4) is 0 Å². The van der Waals surface area contributed by atoms with E-state index in [1.165, 1.54) is 11.8 Å². The molecule has 0 aliphatic carbocycles. The molecule has 0 aliphatic heterocycles. The number of carbonyl (C=O) groups is 1. The molecule has 5 nitrogen and oxygen atoms in total. The van der Waals surface area contributed by atoms with Crippen molar-refractivity contribution in [1.29, 1.82) is 0 Å². The first-order chi connectivity index (χ1) is 12.3. The van der Waals surface area contributed by atoms with Crippen molar-refractivity contribution in [1.82, 2.24) is 20.1 Å². The van der Waals surface area contributed by atoms with Gasteiger partial charge < -0.3 is 9.88 Å². The Labute approximate surface area is 154 Å². The highest BCUT2D eigenvalue weighted by molar-refractivity contribution is 7.99.